The van der Waals surface area contributed by atoms with Gasteiger partial charge in [0, 0.05) is 24.5 Å². The van der Waals surface area contributed by atoms with E-state index < -0.39 is 5.97 Å². The number of hydrogen-bond acceptors (Lipinski definition) is 4. The van der Waals surface area contributed by atoms with E-state index in [9.17, 15) is 9.59 Å². The molecule has 5 nitrogen and oxygen atoms in total. The van der Waals surface area contributed by atoms with Crippen LogP contribution in [0.5, 0.6) is 5.75 Å². The second-order valence-electron chi connectivity index (χ2n) is 4.28. The van der Waals surface area contributed by atoms with E-state index in [1.165, 1.54) is 13.1 Å². The van der Waals surface area contributed by atoms with Crippen LogP contribution in [0, 0.1) is 6.92 Å². The van der Waals surface area contributed by atoms with E-state index in [0.29, 0.717) is 17.0 Å². The van der Waals surface area contributed by atoms with Crippen molar-refractivity contribution in [3.63, 3.8) is 0 Å². The maximum atomic E-state index is 11.9. The number of ether oxygens (including phenoxy) is 1. The zero-order valence-electron chi connectivity index (χ0n) is 11.2. The lowest BCUT2D eigenvalue weighted by molar-refractivity contribution is -0.114. The first-order valence-corrected chi connectivity index (χ1v) is 6.07. The molecule has 0 saturated carbocycles. The van der Waals surface area contributed by atoms with Gasteiger partial charge in [0.05, 0.1) is 5.56 Å². The summed E-state index contributed by atoms with van der Waals surface area (Å²) in [5, 5.41) is 2.63. The number of benzene rings is 1. The van der Waals surface area contributed by atoms with Gasteiger partial charge in [-0.1, -0.05) is 0 Å². The number of nitrogens with one attached hydrogen (secondary N) is 1. The number of rotatable bonds is 3. The summed E-state index contributed by atoms with van der Waals surface area (Å²) in [6, 6.07) is 9.97. The number of esters is 1. The van der Waals surface area contributed by atoms with Crippen molar-refractivity contribution in [1.29, 1.82) is 0 Å². The van der Waals surface area contributed by atoms with Gasteiger partial charge in [-0.2, -0.15) is 0 Å². The number of nitrogens with zero attached hydrogens (tertiary/aromatic N) is 1. The highest BCUT2D eigenvalue weighted by atomic mass is 16.5. The molecular weight excluding hydrogens is 256 g/mol. The van der Waals surface area contributed by atoms with Crippen LogP contribution in [0.4, 0.5) is 5.69 Å². The highest BCUT2D eigenvalue weighted by molar-refractivity contribution is 5.91. The summed E-state index contributed by atoms with van der Waals surface area (Å²) in [6.45, 7) is 3.27. The molecule has 2 rings (SSSR count). The molecule has 0 saturated heterocycles. The zero-order chi connectivity index (χ0) is 14.5. The Morgan fingerprint density at radius 1 is 1.10 bits per heavy atom. The molecule has 0 spiro atoms. The molecule has 0 aliphatic rings. The summed E-state index contributed by atoms with van der Waals surface area (Å²) in [5.74, 6) is -0.213. The summed E-state index contributed by atoms with van der Waals surface area (Å²) in [5.41, 5.74) is 1.87. The molecule has 2 aromatic rings. The molecule has 1 N–H and O–H groups in total. The largest absolute Gasteiger partial charge is 0.423 e. The van der Waals surface area contributed by atoms with Crippen molar-refractivity contribution in [1.82, 2.24) is 4.98 Å². The van der Waals surface area contributed by atoms with Crippen LogP contribution in [-0.2, 0) is 4.79 Å². The van der Waals surface area contributed by atoms with Crippen molar-refractivity contribution >= 4 is 17.6 Å². The minimum absolute atomic E-state index is 0.152. The van der Waals surface area contributed by atoms with Gasteiger partial charge in [0.1, 0.15) is 5.75 Å². The maximum Gasteiger partial charge on any atom is 0.345 e. The molecule has 1 aromatic heterocycles. The molecule has 0 fully saturated rings. The third-order valence-electron chi connectivity index (χ3n) is 2.53. The number of amides is 1. The summed E-state index contributed by atoms with van der Waals surface area (Å²) in [4.78, 5) is 26.8. The number of hydrogen-bond donors (Lipinski definition) is 1. The fraction of sp³-hybridized carbons (Fsp3) is 0.133. The minimum atomic E-state index is -0.468. The average Bonchev–Trinajstić information content (AvgIpc) is 2.41. The SMILES string of the molecule is CC(=O)Nc1ccc(OC(=O)c2ccc(C)nc2)cc1. The molecular formula is C15H14N2O3. The molecule has 1 heterocycles. The monoisotopic (exact) mass is 270 g/mol. The molecule has 20 heavy (non-hydrogen) atoms. The molecule has 5 heteroatoms. The Hall–Kier alpha value is -2.69. The molecule has 0 bridgehead atoms. The summed E-state index contributed by atoms with van der Waals surface area (Å²) in [6.07, 6.45) is 1.48. The average molecular weight is 270 g/mol. The topological polar surface area (TPSA) is 68.3 Å². The molecule has 0 radical (unpaired) electrons. The highest BCUT2D eigenvalue weighted by Crippen LogP contribution is 2.17. The smallest absolute Gasteiger partial charge is 0.345 e. The van der Waals surface area contributed by atoms with Crippen LogP contribution in [0.2, 0.25) is 0 Å². The number of anilines is 1. The van der Waals surface area contributed by atoms with Crippen molar-refractivity contribution in [3.05, 3.63) is 53.9 Å². The first-order valence-electron chi connectivity index (χ1n) is 6.07. The first-order chi connectivity index (χ1) is 9.54. The molecule has 0 aliphatic heterocycles. The fourth-order valence-electron chi connectivity index (χ4n) is 1.56. The van der Waals surface area contributed by atoms with Gasteiger partial charge >= 0.3 is 5.97 Å². The molecule has 102 valence electrons. The van der Waals surface area contributed by atoms with Crippen molar-refractivity contribution in [2.24, 2.45) is 0 Å². The van der Waals surface area contributed by atoms with Crippen LogP contribution in [0.15, 0.2) is 42.6 Å². The normalized spacial score (nSPS) is 9.90. The van der Waals surface area contributed by atoms with Gasteiger partial charge < -0.3 is 10.1 Å². The second kappa shape index (κ2) is 5.97. The van der Waals surface area contributed by atoms with Gasteiger partial charge in [0.2, 0.25) is 5.91 Å². The standard InChI is InChI=1S/C15H14N2O3/c1-10-3-4-12(9-16-10)15(19)20-14-7-5-13(6-8-14)17-11(2)18/h3-9H,1-2H3,(H,17,18). The Labute approximate surface area is 116 Å². The van der Waals surface area contributed by atoms with Crippen molar-refractivity contribution in [2.75, 3.05) is 5.32 Å². The van der Waals surface area contributed by atoms with Crippen LogP contribution in [0.3, 0.4) is 0 Å². The van der Waals surface area contributed by atoms with Crippen molar-refractivity contribution in [2.45, 2.75) is 13.8 Å². The lowest BCUT2D eigenvalue weighted by Crippen LogP contribution is -2.09. The lowest BCUT2D eigenvalue weighted by atomic mass is 10.2. The maximum absolute atomic E-state index is 11.9. The molecule has 0 atom stereocenters. The van der Waals surface area contributed by atoms with E-state index in [0.717, 1.165) is 5.69 Å². The zero-order valence-corrected chi connectivity index (χ0v) is 11.2. The van der Waals surface area contributed by atoms with Crippen LogP contribution < -0.4 is 10.1 Å². The van der Waals surface area contributed by atoms with Gasteiger partial charge in [0.15, 0.2) is 0 Å². The predicted molar refractivity (Wildman–Crippen MR) is 74.7 cm³/mol. The van der Waals surface area contributed by atoms with Gasteiger partial charge in [-0.15, -0.1) is 0 Å². The fourth-order valence-corrected chi connectivity index (χ4v) is 1.56. The third-order valence-corrected chi connectivity index (χ3v) is 2.53. The lowest BCUT2D eigenvalue weighted by Gasteiger charge is -2.06. The van der Waals surface area contributed by atoms with E-state index in [2.05, 4.69) is 10.3 Å². The van der Waals surface area contributed by atoms with Crippen LogP contribution in [0.25, 0.3) is 0 Å². The van der Waals surface area contributed by atoms with Gasteiger partial charge in [0.25, 0.3) is 0 Å². The van der Waals surface area contributed by atoms with E-state index >= 15 is 0 Å². The Kier molecular flexibility index (Phi) is 4.10. The summed E-state index contributed by atoms with van der Waals surface area (Å²) < 4.78 is 5.21. The van der Waals surface area contributed by atoms with Gasteiger partial charge in [-0.05, 0) is 43.3 Å². The van der Waals surface area contributed by atoms with Gasteiger partial charge in [-0.3, -0.25) is 9.78 Å². The van der Waals surface area contributed by atoms with Crippen LogP contribution in [-0.4, -0.2) is 16.9 Å². The van der Waals surface area contributed by atoms with Crippen molar-refractivity contribution < 1.29 is 14.3 Å². The Bertz CT molecular complexity index is 619. The molecule has 1 aromatic carbocycles. The number of carbonyl (C=O) groups excluding carboxylic acids is 2. The summed E-state index contributed by atoms with van der Waals surface area (Å²) in [7, 11) is 0. The number of aromatic nitrogens is 1. The predicted octanol–water partition coefficient (Wildman–Crippen LogP) is 2.57. The minimum Gasteiger partial charge on any atom is -0.423 e. The van der Waals surface area contributed by atoms with Crippen LogP contribution in [0.1, 0.15) is 23.0 Å². The number of pyridine rings is 1. The Morgan fingerprint density at radius 3 is 2.35 bits per heavy atom. The highest BCUT2D eigenvalue weighted by Gasteiger charge is 2.08. The van der Waals surface area contributed by atoms with Gasteiger partial charge in [-0.25, -0.2) is 4.79 Å². The molecule has 0 aliphatic carbocycles. The van der Waals surface area contributed by atoms with E-state index in [1.54, 1.807) is 36.4 Å². The third kappa shape index (κ3) is 3.65. The second-order valence-corrected chi connectivity index (χ2v) is 4.28. The van der Waals surface area contributed by atoms with Crippen LogP contribution >= 0.6 is 0 Å². The quantitative estimate of drug-likeness (QED) is 0.687. The Morgan fingerprint density at radius 2 is 1.80 bits per heavy atom. The number of aryl methyl sites for hydroxylation is 1. The molecule has 0 unspecified atom stereocenters. The van der Waals surface area contributed by atoms with Crippen molar-refractivity contribution in [3.8, 4) is 5.75 Å². The van der Waals surface area contributed by atoms with E-state index in [4.69, 9.17) is 4.74 Å². The molecule has 1 amide bonds. The first kappa shape index (κ1) is 13.7. The van der Waals surface area contributed by atoms with E-state index in [-0.39, 0.29) is 5.91 Å². The summed E-state index contributed by atoms with van der Waals surface area (Å²) >= 11 is 0. The number of carbonyl (C=O) groups is 2. The Balaban J connectivity index is 2.04. The van der Waals surface area contributed by atoms with E-state index in [1.807, 2.05) is 6.92 Å².